The van der Waals surface area contributed by atoms with E-state index in [9.17, 15) is 4.79 Å². The molecule has 2 radical (unpaired) electrons. The van der Waals surface area contributed by atoms with Crippen LogP contribution in [0, 0.1) is 5.92 Å². The summed E-state index contributed by atoms with van der Waals surface area (Å²) in [5.74, 6) is 0.732. The maximum Gasteiger partial charge on any atom is 0.225 e. The lowest BCUT2D eigenvalue weighted by Gasteiger charge is -2.35. The van der Waals surface area contributed by atoms with Crippen LogP contribution in [0.2, 0.25) is 0 Å². The van der Waals surface area contributed by atoms with Crippen molar-refractivity contribution >= 4 is 19.2 Å². The van der Waals surface area contributed by atoms with E-state index in [0.717, 1.165) is 51.0 Å². The third-order valence-electron chi connectivity index (χ3n) is 4.00. The van der Waals surface area contributed by atoms with E-state index in [1.165, 1.54) is 5.56 Å². The highest BCUT2D eigenvalue weighted by molar-refractivity contribution is 6.32. The van der Waals surface area contributed by atoms with Crippen molar-refractivity contribution in [3.05, 3.63) is 29.8 Å². The van der Waals surface area contributed by atoms with Gasteiger partial charge in [-0.2, -0.15) is 0 Å². The fourth-order valence-electron chi connectivity index (χ4n) is 2.60. The summed E-state index contributed by atoms with van der Waals surface area (Å²) in [6, 6.07) is 8.05. The molecule has 0 unspecified atom stereocenters. The molecular formula is C15H19BN2O. The second-order valence-corrected chi connectivity index (χ2v) is 5.62. The van der Waals surface area contributed by atoms with Crippen LogP contribution in [0.4, 0.5) is 0 Å². The van der Waals surface area contributed by atoms with Crippen LogP contribution in [0.5, 0.6) is 0 Å². The summed E-state index contributed by atoms with van der Waals surface area (Å²) in [4.78, 5) is 16.4. The molecule has 1 aromatic carbocycles. The highest BCUT2D eigenvalue weighted by atomic mass is 16.2. The number of amides is 1. The molecule has 19 heavy (non-hydrogen) atoms. The fourth-order valence-corrected chi connectivity index (χ4v) is 2.60. The summed E-state index contributed by atoms with van der Waals surface area (Å²) in [6.07, 6.45) is 2.20. The molecule has 0 aromatic heterocycles. The smallest absolute Gasteiger partial charge is 0.225 e. The number of nitrogens with zero attached hydrogens (tertiary/aromatic N) is 2. The summed E-state index contributed by atoms with van der Waals surface area (Å²) in [5.41, 5.74) is 2.10. The molecule has 0 N–H and O–H groups in total. The predicted molar refractivity (Wildman–Crippen MR) is 76.4 cm³/mol. The van der Waals surface area contributed by atoms with E-state index in [0.29, 0.717) is 11.8 Å². The summed E-state index contributed by atoms with van der Waals surface area (Å²) < 4.78 is 0. The van der Waals surface area contributed by atoms with E-state index in [2.05, 4.69) is 17.0 Å². The van der Waals surface area contributed by atoms with Crippen LogP contribution in [0.1, 0.15) is 18.4 Å². The van der Waals surface area contributed by atoms with Gasteiger partial charge in [-0.05, 0) is 18.4 Å². The van der Waals surface area contributed by atoms with E-state index in [1.54, 1.807) is 0 Å². The molecule has 1 aliphatic heterocycles. The lowest BCUT2D eigenvalue weighted by atomic mass is 9.95. The first-order valence-electron chi connectivity index (χ1n) is 7.08. The maximum absolute atomic E-state index is 12.0. The largest absolute Gasteiger partial charge is 0.340 e. The molecule has 0 bridgehead atoms. The molecule has 1 aliphatic carbocycles. The Morgan fingerprint density at radius 2 is 1.74 bits per heavy atom. The zero-order valence-corrected chi connectivity index (χ0v) is 11.2. The summed E-state index contributed by atoms with van der Waals surface area (Å²) in [6.45, 7) is 4.66. The molecule has 1 amide bonds. The topological polar surface area (TPSA) is 23.6 Å². The van der Waals surface area contributed by atoms with Crippen molar-refractivity contribution in [2.24, 2.45) is 5.92 Å². The van der Waals surface area contributed by atoms with Gasteiger partial charge in [-0.15, -0.1) is 0 Å². The molecular weight excluding hydrogens is 235 g/mol. The number of piperazine rings is 1. The van der Waals surface area contributed by atoms with Crippen molar-refractivity contribution in [1.29, 1.82) is 0 Å². The predicted octanol–water partition coefficient (Wildman–Crippen LogP) is 0.535. The van der Waals surface area contributed by atoms with E-state index >= 15 is 0 Å². The zero-order valence-electron chi connectivity index (χ0n) is 11.2. The minimum Gasteiger partial charge on any atom is -0.340 e. The van der Waals surface area contributed by atoms with Crippen LogP contribution in [0.15, 0.2) is 24.3 Å². The van der Waals surface area contributed by atoms with Crippen LogP contribution in [0.25, 0.3) is 0 Å². The SMILES string of the molecule is [B]c1ccc(CN2CCN(C(=O)C3CC3)CC2)cc1. The fraction of sp³-hybridized carbons (Fsp3) is 0.533. The van der Waals surface area contributed by atoms with Crippen LogP contribution in [-0.4, -0.2) is 49.7 Å². The molecule has 2 fully saturated rings. The molecule has 3 rings (SSSR count). The average Bonchev–Trinajstić information content (AvgIpc) is 3.26. The Morgan fingerprint density at radius 1 is 1.11 bits per heavy atom. The number of carbonyl (C=O) groups is 1. The van der Waals surface area contributed by atoms with Gasteiger partial charge < -0.3 is 4.90 Å². The quantitative estimate of drug-likeness (QED) is 0.735. The molecule has 3 nitrogen and oxygen atoms in total. The van der Waals surface area contributed by atoms with Gasteiger partial charge in [0.15, 0.2) is 0 Å². The summed E-state index contributed by atoms with van der Waals surface area (Å²) in [7, 11) is 5.69. The molecule has 2 aliphatic rings. The molecule has 1 heterocycles. The Bertz CT molecular complexity index is 448. The third kappa shape index (κ3) is 3.18. The standard InChI is InChI=1S/C15H19BN2O/c16-14-5-1-12(2-6-14)11-17-7-9-18(10-8-17)15(19)13-3-4-13/h1-2,5-6,13H,3-4,7-11H2. The lowest BCUT2D eigenvalue weighted by Crippen LogP contribution is -2.48. The normalized spacial score (nSPS) is 20.5. The third-order valence-corrected chi connectivity index (χ3v) is 4.00. The first kappa shape index (κ1) is 12.7. The van der Waals surface area contributed by atoms with Crippen molar-refractivity contribution in [2.45, 2.75) is 19.4 Å². The number of hydrogen-bond donors (Lipinski definition) is 0. The number of benzene rings is 1. The first-order valence-corrected chi connectivity index (χ1v) is 7.08. The minimum absolute atomic E-state index is 0.351. The molecule has 0 atom stereocenters. The van der Waals surface area contributed by atoms with Crippen molar-refractivity contribution in [3.8, 4) is 0 Å². The summed E-state index contributed by atoms with van der Waals surface area (Å²) >= 11 is 0. The van der Waals surface area contributed by atoms with Gasteiger partial charge in [0.25, 0.3) is 0 Å². The van der Waals surface area contributed by atoms with Crippen LogP contribution in [-0.2, 0) is 11.3 Å². The highest BCUT2D eigenvalue weighted by Gasteiger charge is 2.34. The van der Waals surface area contributed by atoms with E-state index in [-0.39, 0.29) is 0 Å². The second-order valence-electron chi connectivity index (χ2n) is 5.62. The van der Waals surface area contributed by atoms with Gasteiger partial charge >= 0.3 is 0 Å². The van der Waals surface area contributed by atoms with Crippen molar-refractivity contribution in [3.63, 3.8) is 0 Å². The Hall–Kier alpha value is -1.29. The van der Waals surface area contributed by atoms with E-state index < -0.39 is 0 Å². The van der Waals surface area contributed by atoms with Gasteiger partial charge in [0.1, 0.15) is 7.85 Å². The molecule has 0 spiro atoms. The Labute approximate surface area is 116 Å². The lowest BCUT2D eigenvalue weighted by molar-refractivity contribution is -0.134. The van der Waals surface area contributed by atoms with Crippen molar-refractivity contribution in [2.75, 3.05) is 26.2 Å². The Balaban J connectivity index is 1.49. The monoisotopic (exact) mass is 254 g/mol. The van der Waals surface area contributed by atoms with E-state index in [4.69, 9.17) is 7.85 Å². The van der Waals surface area contributed by atoms with Crippen LogP contribution >= 0.6 is 0 Å². The molecule has 1 saturated carbocycles. The molecule has 4 heteroatoms. The Kier molecular flexibility index (Phi) is 3.60. The van der Waals surface area contributed by atoms with Gasteiger partial charge in [-0.1, -0.05) is 29.7 Å². The minimum atomic E-state index is 0.351. The first-order chi connectivity index (χ1) is 9.22. The molecule has 98 valence electrons. The highest BCUT2D eigenvalue weighted by Crippen LogP contribution is 2.31. The van der Waals surface area contributed by atoms with Crippen molar-refractivity contribution < 1.29 is 4.79 Å². The van der Waals surface area contributed by atoms with Gasteiger partial charge in [-0.25, -0.2) is 0 Å². The maximum atomic E-state index is 12.0. The van der Waals surface area contributed by atoms with Gasteiger partial charge in [-0.3, -0.25) is 9.69 Å². The zero-order chi connectivity index (χ0) is 13.2. The summed E-state index contributed by atoms with van der Waals surface area (Å²) in [5, 5.41) is 0. The second kappa shape index (κ2) is 5.37. The molecule has 1 saturated heterocycles. The van der Waals surface area contributed by atoms with Crippen LogP contribution < -0.4 is 5.46 Å². The number of rotatable bonds is 3. The van der Waals surface area contributed by atoms with Gasteiger partial charge in [0.05, 0.1) is 0 Å². The number of carbonyl (C=O) groups excluding carboxylic acids is 1. The van der Waals surface area contributed by atoms with E-state index in [1.807, 2.05) is 17.0 Å². The average molecular weight is 254 g/mol. The van der Waals surface area contributed by atoms with Gasteiger partial charge in [0, 0.05) is 38.6 Å². The van der Waals surface area contributed by atoms with Crippen molar-refractivity contribution in [1.82, 2.24) is 9.80 Å². The Morgan fingerprint density at radius 3 is 2.32 bits per heavy atom. The van der Waals surface area contributed by atoms with Crippen LogP contribution in [0.3, 0.4) is 0 Å². The van der Waals surface area contributed by atoms with Gasteiger partial charge in [0.2, 0.25) is 5.91 Å². The number of hydrogen-bond acceptors (Lipinski definition) is 2. The molecule has 1 aromatic rings.